The predicted molar refractivity (Wildman–Crippen MR) is 228 cm³/mol. The Labute approximate surface area is 328 Å². The third kappa shape index (κ3) is 42.2. The predicted octanol–water partition coefficient (Wildman–Crippen LogP) is 14.3. The van der Waals surface area contributed by atoms with Crippen LogP contribution in [0.2, 0.25) is 0 Å². The van der Waals surface area contributed by atoms with Crippen LogP contribution >= 0.6 is 0 Å². The van der Waals surface area contributed by atoms with Gasteiger partial charge in [0.25, 0.3) is 0 Å². The lowest BCUT2D eigenvalue weighted by molar-refractivity contribution is -0.161. The van der Waals surface area contributed by atoms with Gasteiger partial charge in [0, 0.05) is 12.8 Å². The third-order valence-corrected chi connectivity index (χ3v) is 9.58. The molecule has 0 heterocycles. The Morgan fingerprint density at radius 3 is 1.23 bits per heavy atom. The molecule has 1 atom stereocenters. The number of aliphatic hydroxyl groups is 1. The molecule has 0 aliphatic heterocycles. The molecule has 0 radical (unpaired) electrons. The molecule has 0 saturated heterocycles. The number of allylic oxidation sites excluding steroid dienone is 10. The van der Waals surface area contributed by atoms with E-state index in [4.69, 9.17) is 9.47 Å². The minimum atomic E-state index is -0.772. The van der Waals surface area contributed by atoms with Gasteiger partial charge in [-0.15, -0.1) is 0 Å². The lowest BCUT2D eigenvalue weighted by atomic mass is 10.0. The second-order valence-corrected chi connectivity index (χ2v) is 14.8. The first-order chi connectivity index (χ1) is 26.1. The Kier molecular flexibility index (Phi) is 42.0. The highest BCUT2D eigenvalue weighted by atomic mass is 16.6. The van der Waals surface area contributed by atoms with E-state index in [0.717, 1.165) is 70.6 Å². The van der Waals surface area contributed by atoms with Gasteiger partial charge < -0.3 is 14.6 Å². The molecule has 0 amide bonds. The standard InChI is InChI=1S/C48H84O5/c1-3-5-7-9-11-13-15-17-18-19-20-21-22-23-24-25-26-27-28-29-30-31-33-35-37-39-41-43-48(51)53-46(44-49)45-52-47(50)42-40-38-36-34-32-16-14-12-10-8-6-4-2/h5,7,11,13,17-18,20-21,23-24,46,49H,3-4,6,8-10,12,14-16,19,22,25-45H2,1-2H3/b7-5-,13-11-,18-17-,21-20-,24-23-. The second kappa shape index (κ2) is 44.0. The molecule has 0 aromatic heterocycles. The molecule has 0 aliphatic rings. The molecule has 5 heteroatoms. The van der Waals surface area contributed by atoms with Gasteiger partial charge in [-0.2, -0.15) is 0 Å². The van der Waals surface area contributed by atoms with E-state index < -0.39 is 6.10 Å². The van der Waals surface area contributed by atoms with E-state index in [1.54, 1.807) is 0 Å². The maximum absolute atomic E-state index is 12.2. The largest absolute Gasteiger partial charge is 0.462 e. The van der Waals surface area contributed by atoms with Crippen molar-refractivity contribution in [3.8, 4) is 0 Å². The Bertz CT molecular complexity index is 930. The number of carbonyl (C=O) groups excluding carboxylic acids is 2. The number of esters is 2. The van der Waals surface area contributed by atoms with Crippen molar-refractivity contribution in [2.24, 2.45) is 0 Å². The van der Waals surface area contributed by atoms with Crippen molar-refractivity contribution >= 4 is 11.9 Å². The molecule has 0 aromatic rings. The highest BCUT2D eigenvalue weighted by molar-refractivity contribution is 5.70. The van der Waals surface area contributed by atoms with Gasteiger partial charge in [-0.05, 0) is 57.8 Å². The summed E-state index contributed by atoms with van der Waals surface area (Å²) in [5, 5.41) is 9.57. The summed E-state index contributed by atoms with van der Waals surface area (Å²) in [4.78, 5) is 24.3. The summed E-state index contributed by atoms with van der Waals surface area (Å²) in [5.74, 6) is -0.591. The summed E-state index contributed by atoms with van der Waals surface area (Å²) < 4.78 is 10.6. The molecule has 0 bridgehead atoms. The zero-order valence-electron chi connectivity index (χ0n) is 34.8. The zero-order chi connectivity index (χ0) is 38.6. The molecule has 5 nitrogen and oxygen atoms in total. The molecular weight excluding hydrogens is 657 g/mol. The molecule has 0 fully saturated rings. The van der Waals surface area contributed by atoms with Gasteiger partial charge in [0.1, 0.15) is 6.61 Å². The minimum Gasteiger partial charge on any atom is -0.462 e. The average Bonchev–Trinajstić information content (AvgIpc) is 3.16. The van der Waals surface area contributed by atoms with Gasteiger partial charge in [0.05, 0.1) is 6.61 Å². The third-order valence-electron chi connectivity index (χ3n) is 9.58. The first-order valence-electron chi connectivity index (χ1n) is 22.3. The minimum absolute atomic E-state index is 0.0658. The van der Waals surface area contributed by atoms with Crippen LogP contribution in [0, 0.1) is 0 Å². The van der Waals surface area contributed by atoms with Crippen molar-refractivity contribution in [2.75, 3.05) is 13.2 Å². The van der Waals surface area contributed by atoms with Gasteiger partial charge in [-0.1, -0.05) is 203 Å². The maximum atomic E-state index is 12.2. The van der Waals surface area contributed by atoms with Gasteiger partial charge in [-0.25, -0.2) is 0 Å². The van der Waals surface area contributed by atoms with E-state index in [0.29, 0.717) is 12.8 Å². The smallest absolute Gasteiger partial charge is 0.306 e. The Morgan fingerprint density at radius 1 is 0.453 bits per heavy atom. The molecule has 0 saturated carbocycles. The number of hydrogen-bond acceptors (Lipinski definition) is 5. The van der Waals surface area contributed by atoms with Crippen LogP contribution in [0.5, 0.6) is 0 Å². The SMILES string of the molecule is CC/C=C\C/C=C\C/C=C\C/C=C\C/C=C\CCCCCCCCCCCCCC(=O)OC(CO)COC(=O)CCCCCCCCCCCCCC. The van der Waals surface area contributed by atoms with E-state index in [2.05, 4.69) is 74.6 Å². The summed E-state index contributed by atoms with van der Waals surface area (Å²) in [6, 6.07) is 0. The molecule has 0 spiro atoms. The van der Waals surface area contributed by atoms with Gasteiger partial charge in [0.15, 0.2) is 6.10 Å². The number of carbonyl (C=O) groups is 2. The Morgan fingerprint density at radius 2 is 0.811 bits per heavy atom. The fraction of sp³-hybridized carbons (Fsp3) is 0.750. The van der Waals surface area contributed by atoms with Crippen molar-refractivity contribution in [2.45, 2.75) is 219 Å². The number of hydrogen-bond donors (Lipinski definition) is 1. The quantitative estimate of drug-likeness (QED) is 0.0385. The second-order valence-electron chi connectivity index (χ2n) is 14.8. The van der Waals surface area contributed by atoms with E-state index in [1.807, 2.05) is 0 Å². The molecule has 0 aromatic carbocycles. The lowest BCUT2D eigenvalue weighted by Gasteiger charge is -2.15. The molecule has 0 rings (SSSR count). The van der Waals surface area contributed by atoms with Gasteiger partial charge in [-0.3, -0.25) is 9.59 Å². The number of unbranched alkanes of at least 4 members (excludes halogenated alkanes) is 22. The number of aliphatic hydroxyl groups excluding tert-OH is 1. The lowest BCUT2D eigenvalue weighted by Crippen LogP contribution is -2.28. The van der Waals surface area contributed by atoms with Crippen LogP contribution in [-0.2, 0) is 19.1 Å². The zero-order valence-corrected chi connectivity index (χ0v) is 34.8. The Balaban J connectivity index is 3.52. The summed E-state index contributed by atoms with van der Waals surface area (Å²) in [5.41, 5.74) is 0. The summed E-state index contributed by atoms with van der Waals surface area (Å²) in [6.45, 7) is 4.02. The molecule has 1 N–H and O–H groups in total. The fourth-order valence-electron chi connectivity index (χ4n) is 6.23. The van der Waals surface area contributed by atoms with Crippen molar-refractivity contribution in [3.05, 3.63) is 60.8 Å². The average molecular weight is 741 g/mol. The number of ether oxygens (including phenoxy) is 2. The van der Waals surface area contributed by atoms with Gasteiger partial charge >= 0.3 is 11.9 Å². The molecule has 53 heavy (non-hydrogen) atoms. The van der Waals surface area contributed by atoms with E-state index in [1.165, 1.54) is 116 Å². The monoisotopic (exact) mass is 741 g/mol. The van der Waals surface area contributed by atoms with Crippen LogP contribution < -0.4 is 0 Å². The molecule has 0 aliphatic carbocycles. The first-order valence-corrected chi connectivity index (χ1v) is 22.3. The molecule has 1 unspecified atom stereocenters. The van der Waals surface area contributed by atoms with Crippen LogP contribution in [0.3, 0.4) is 0 Å². The van der Waals surface area contributed by atoms with E-state index in [-0.39, 0.29) is 25.2 Å². The summed E-state index contributed by atoms with van der Waals surface area (Å²) in [6.07, 6.45) is 57.2. The van der Waals surface area contributed by atoms with Crippen LogP contribution in [0.25, 0.3) is 0 Å². The highest BCUT2D eigenvalue weighted by Crippen LogP contribution is 2.15. The van der Waals surface area contributed by atoms with Crippen LogP contribution in [-0.4, -0.2) is 36.4 Å². The number of rotatable bonds is 40. The topological polar surface area (TPSA) is 72.8 Å². The molecule has 306 valence electrons. The van der Waals surface area contributed by atoms with Crippen molar-refractivity contribution in [1.82, 2.24) is 0 Å². The summed E-state index contributed by atoms with van der Waals surface area (Å²) >= 11 is 0. The van der Waals surface area contributed by atoms with Crippen molar-refractivity contribution in [3.63, 3.8) is 0 Å². The highest BCUT2D eigenvalue weighted by Gasteiger charge is 2.16. The van der Waals surface area contributed by atoms with E-state index >= 15 is 0 Å². The molecular formula is C48H84O5. The van der Waals surface area contributed by atoms with Crippen molar-refractivity contribution < 1.29 is 24.2 Å². The summed E-state index contributed by atoms with van der Waals surface area (Å²) in [7, 11) is 0. The first kappa shape index (κ1) is 50.6. The van der Waals surface area contributed by atoms with Crippen LogP contribution in [0.4, 0.5) is 0 Å². The fourth-order valence-corrected chi connectivity index (χ4v) is 6.23. The Hall–Kier alpha value is -2.40. The van der Waals surface area contributed by atoms with Crippen LogP contribution in [0.1, 0.15) is 213 Å². The maximum Gasteiger partial charge on any atom is 0.306 e. The van der Waals surface area contributed by atoms with E-state index in [9.17, 15) is 14.7 Å². The van der Waals surface area contributed by atoms with Crippen LogP contribution in [0.15, 0.2) is 60.8 Å². The van der Waals surface area contributed by atoms with Crippen molar-refractivity contribution in [1.29, 1.82) is 0 Å². The van der Waals surface area contributed by atoms with Gasteiger partial charge in [0.2, 0.25) is 0 Å². The normalized spacial score (nSPS) is 12.7.